The number of pyridine rings is 2. The highest BCUT2D eigenvalue weighted by Crippen LogP contribution is 2.28. The molecule has 0 radical (unpaired) electrons. The predicted molar refractivity (Wildman–Crippen MR) is 186 cm³/mol. The van der Waals surface area contributed by atoms with Gasteiger partial charge in [-0.05, 0) is 35.4 Å². The van der Waals surface area contributed by atoms with E-state index in [1.807, 2.05) is 60.7 Å². The first-order chi connectivity index (χ1) is 22.8. The average molecular weight is 713 g/mol. The van der Waals surface area contributed by atoms with E-state index in [9.17, 15) is 25.0 Å². The first-order valence-electron chi connectivity index (χ1n) is 14.1. The Morgan fingerprint density at radius 1 is 0.750 bits per heavy atom. The zero-order chi connectivity index (χ0) is 33.6. The number of carboxylic acid groups (broad SMARTS) is 1. The molecule has 2 atom stereocenters. The minimum absolute atomic E-state index is 0. The van der Waals surface area contributed by atoms with Gasteiger partial charge in [-0.1, -0.05) is 60.7 Å². The van der Waals surface area contributed by atoms with Crippen LogP contribution in [0.25, 0.3) is 0 Å². The van der Waals surface area contributed by atoms with Gasteiger partial charge in [0.25, 0.3) is 5.91 Å². The van der Waals surface area contributed by atoms with Crippen molar-refractivity contribution in [2.45, 2.75) is 25.2 Å². The molecule has 2 aliphatic heterocycles. The molecule has 252 valence electrons. The Bertz CT molecular complexity index is 1700. The molecule has 6 N–H and O–H groups in total. The zero-order valence-electron chi connectivity index (χ0n) is 25.2. The quantitative estimate of drug-likeness (QED) is 0.111. The Labute approximate surface area is 290 Å². The van der Waals surface area contributed by atoms with Crippen molar-refractivity contribution in [1.29, 1.82) is 0 Å². The first kappa shape index (κ1) is 37.9. The number of hydrogen-bond acceptors (Lipinski definition) is 13. The van der Waals surface area contributed by atoms with Crippen molar-refractivity contribution in [3.05, 3.63) is 120 Å². The van der Waals surface area contributed by atoms with Crippen LogP contribution in [0.15, 0.2) is 107 Å². The summed E-state index contributed by atoms with van der Waals surface area (Å²) >= 11 is 2.63. The van der Waals surface area contributed by atoms with Gasteiger partial charge in [0.2, 0.25) is 0 Å². The number of hydrogen-bond donors (Lipinski definition) is 6. The number of nitrogens with one attached hydrogen (secondary N) is 1. The smallest absolute Gasteiger partial charge is 0.329 e. The number of hydroxylamine groups is 3. The van der Waals surface area contributed by atoms with E-state index in [0.29, 0.717) is 44.6 Å². The molecule has 2 unspecified atom stereocenters. The summed E-state index contributed by atoms with van der Waals surface area (Å²) in [4.78, 5) is 39.2. The van der Waals surface area contributed by atoms with E-state index in [2.05, 4.69) is 25.4 Å². The molecule has 0 bridgehead atoms. The minimum Gasteiger partial charge on any atom is -0.506 e. The Morgan fingerprint density at radius 3 is 1.69 bits per heavy atom. The summed E-state index contributed by atoms with van der Waals surface area (Å²) < 4.78 is 0. The highest BCUT2D eigenvalue weighted by molar-refractivity contribution is 8.15. The van der Waals surface area contributed by atoms with Crippen LogP contribution in [0.5, 0.6) is 11.5 Å². The number of carbonyl (C=O) groups is 2. The maximum atomic E-state index is 12.3. The fourth-order valence-corrected chi connectivity index (χ4v) is 6.13. The molecule has 4 aromatic rings. The standard InChI is InChI=1S/C16H15N3O3S.C9H8N2O3S.C7H9NO.ClH/c20-13-7-4-8-17-14(13)15-18-12(10-23-15)16(21)19(22)9-11-5-2-1-3-6-11;12-6-2-1-3-10-7(6)8-11-5(4-15-8)9(13)14;9-8-6-7-4-2-1-3-5-7;/h1-8,12,20,22H,9-10H2;1-3,5,12H,4H2,(H,13,14);1-5,8-9H,6H2;1H. The number of aromatic hydroxyl groups is 2. The number of benzene rings is 2. The molecule has 16 heteroatoms. The molecule has 6 rings (SSSR count). The van der Waals surface area contributed by atoms with Crippen molar-refractivity contribution < 1.29 is 35.3 Å². The fraction of sp³-hybridized carbons (Fsp3) is 0.188. The maximum absolute atomic E-state index is 12.3. The number of carbonyl (C=O) groups excluding carboxylic acids is 1. The molecular formula is C32H33ClN6O7S2. The van der Waals surface area contributed by atoms with Crippen LogP contribution in [0, 0.1) is 0 Å². The summed E-state index contributed by atoms with van der Waals surface area (Å²) in [6.07, 6.45) is 3.09. The van der Waals surface area contributed by atoms with Gasteiger partial charge in [0.05, 0.1) is 6.54 Å². The van der Waals surface area contributed by atoms with Crippen LogP contribution in [-0.4, -0.2) is 86.3 Å². The summed E-state index contributed by atoms with van der Waals surface area (Å²) in [6, 6.07) is 23.8. The topological polar surface area (TPSA) is 201 Å². The molecular weight excluding hydrogens is 680 g/mol. The van der Waals surface area contributed by atoms with E-state index < -0.39 is 24.0 Å². The molecule has 48 heavy (non-hydrogen) atoms. The Hall–Kier alpha value is -4.51. The average Bonchev–Trinajstić information content (AvgIpc) is 3.78. The molecule has 2 aromatic carbocycles. The number of nitrogens with zero attached hydrogens (tertiary/aromatic N) is 5. The number of aliphatic imine (C=N–C) groups is 2. The highest BCUT2D eigenvalue weighted by Gasteiger charge is 2.30. The van der Waals surface area contributed by atoms with Crippen molar-refractivity contribution in [2.24, 2.45) is 9.98 Å². The highest BCUT2D eigenvalue weighted by atomic mass is 35.5. The third-order valence-corrected chi connectivity index (χ3v) is 8.51. The van der Waals surface area contributed by atoms with Gasteiger partial charge in [0.15, 0.2) is 6.04 Å². The fourth-order valence-electron chi connectivity index (χ4n) is 4.08. The van der Waals surface area contributed by atoms with E-state index in [0.717, 1.165) is 11.1 Å². The van der Waals surface area contributed by atoms with Crippen molar-refractivity contribution in [3.63, 3.8) is 0 Å². The lowest BCUT2D eigenvalue weighted by molar-refractivity contribution is -0.168. The zero-order valence-corrected chi connectivity index (χ0v) is 27.7. The van der Waals surface area contributed by atoms with Crippen LogP contribution in [0.4, 0.5) is 0 Å². The second kappa shape index (κ2) is 19.3. The first-order valence-corrected chi connectivity index (χ1v) is 16.1. The Kier molecular flexibility index (Phi) is 15.3. The van der Waals surface area contributed by atoms with Gasteiger partial charge in [-0.3, -0.25) is 30.0 Å². The monoisotopic (exact) mass is 712 g/mol. The normalized spacial score (nSPS) is 16.1. The van der Waals surface area contributed by atoms with E-state index in [1.165, 1.54) is 41.9 Å². The van der Waals surface area contributed by atoms with Crippen molar-refractivity contribution in [3.8, 4) is 11.5 Å². The molecule has 1 amide bonds. The lowest BCUT2D eigenvalue weighted by atomic mass is 10.2. The predicted octanol–water partition coefficient (Wildman–Crippen LogP) is 4.39. The molecule has 0 saturated carbocycles. The third-order valence-electron chi connectivity index (χ3n) is 6.41. The van der Waals surface area contributed by atoms with Crippen LogP contribution in [0.2, 0.25) is 0 Å². The van der Waals surface area contributed by atoms with Gasteiger partial charge in [-0.15, -0.1) is 35.9 Å². The number of aromatic nitrogens is 2. The van der Waals surface area contributed by atoms with Crippen molar-refractivity contribution >= 4 is 57.9 Å². The number of amides is 1. The molecule has 0 spiro atoms. The largest absolute Gasteiger partial charge is 0.506 e. The summed E-state index contributed by atoms with van der Waals surface area (Å²) in [5.41, 5.74) is 4.72. The number of halogens is 1. The molecule has 4 heterocycles. The van der Waals surface area contributed by atoms with E-state index in [4.69, 9.17) is 10.3 Å². The van der Waals surface area contributed by atoms with E-state index in [-0.39, 0.29) is 30.5 Å². The SMILES string of the molecule is Cl.O=C(C1CSC(c2ncccc2O)=N1)N(O)Cc1ccccc1.O=C(O)C1CSC(c2ncccc2O)=N1.ONCc1ccccc1. The van der Waals surface area contributed by atoms with Gasteiger partial charge < -0.3 is 20.5 Å². The molecule has 0 aliphatic carbocycles. The van der Waals surface area contributed by atoms with Gasteiger partial charge in [-0.2, -0.15) is 0 Å². The summed E-state index contributed by atoms with van der Waals surface area (Å²) in [5.74, 6) is -0.567. The summed E-state index contributed by atoms with van der Waals surface area (Å²) in [5, 5.41) is 48.0. The summed E-state index contributed by atoms with van der Waals surface area (Å²) in [6.45, 7) is 0.626. The van der Waals surface area contributed by atoms with Crippen LogP contribution in [0.1, 0.15) is 22.5 Å². The maximum Gasteiger partial charge on any atom is 0.329 e. The van der Waals surface area contributed by atoms with Crippen LogP contribution in [0.3, 0.4) is 0 Å². The van der Waals surface area contributed by atoms with Gasteiger partial charge in [0, 0.05) is 30.4 Å². The second-order valence-electron chi connectivity index (χ2n) is 9.80. The minimum atomic E-state index is -0.951. The van der Waals surface area contributed by atoms with Crippen molar-refractivity contribution in [1.82, 2.24) is 20.5 Å². The number of aliphatic carboxylic acids is 1. The van der Waals surface area contributed by atoms with Crippen LogP contribution >= 0.6 is 35.9 Å². The third kappa shape index (κ3) is 11.0. The molecule has 2 aromatic heterocycles. The lowest BCUT2D eigenvalue weighted by Gasteiger charge is -2.17. The Morgan fingerprint density at radius 2 is 1.23 bits per heavy atom. The number of rotatable bonds is 8. The van der Waals surface area contributed by atoms with Gasteiger partial charge in [-0.25, -0.2) is 15.3 Å². The lowest BCUT2D eigenvalue weighted by Crippen LogP contribution is -2.35. The van der Waals surface area contributed by atoms with Crippen molar-refractivity contribution in [2.75, 3.05) is 11.5 Å². The van der Waals surface area contributed by atoms with Gasteiger partial charge >= 0.3 is 5.97 Å². The number of carboxylic acids is 1. The molecule has 13 nitrogen and oxygen atoms in total. The number of thioether (sulfide) groups is 2. The van der Waals surface area contributed by atoms with Crippen LogP contribution < -0.4 is 5.48 Å². The Balaban J connectivity index is 0.000000214. The van der Waals surface area contributed by atoms with E-state index in [1.54, 1.807) is 18.3 Å². The van der Waals surface area contributed by atoms with Gasteiger partial charge in [0.1, 0.15) is 39.0 Å². The summed E-state index contributed by atoms with van der Waals surface area (Å²) in [7, 11) is 0. The molecule has 0 saturated heterocycles. The molecule has 2 aliphatic rings. The van der Waals surface area contributed by atoms with E-state index >= 15 is 0 Å². The molecule has 0 fully saturated rings. The van der Waals surface area contributed by atoms with Crippen LogP contribution in [-0.2, 0) is 22.7 Å². The second-order valence-corrected chi connectivity index (χ2v) is 11.8.